The first kappa shape index (κ1) is 28.6. The van der Waals surface area contributed by atoms with Gasteiger partial charge in [-0.1, -0.05) is 13.8 Å². The summed E-state index contributed by atoms with van der Waals surface area (Å²) in [5.74, 6) is -4.42. The molecule has 1 saturated heterocycles. The highest BCUT2D eigenvalue weighted by molar-refractivity contribution is 5.96. The van der Waals surface area contributed by atoms with Crippen molar-refractivity contribution < 1.29 is 29.1 Å². The third-order valence-electron chi connectivity index (χ3n) is 5.44. The molecule has 192 valence electrons. The number of rotatable bonds is 13. The highest BCUT2D eigenvalue weighted by atomic mass is 16.4. The normalized spacial score (nSPS) is 18.0. The van der Waals surface area contributed by atoms with Crippen LogP contribution in [0.15, 0.2) is 4.99 Å². The number of nitrogens with one attached hydrogen (secondary N) is 2. The molecular formula is C20H36N8O6. The van der Waals surface area contributed by atoms with Gasteiger partial charge in [0.2, 0.25) is 23.6 Å². The van der Waals surface area contributed by atoms with Crippen LogP contribution < -0.4 is 33.6 Å². The zero-order valence-electron chi connectivity index (χ0n) is 19.5. The summed E-state index contributed by atoms with van der Waals surface area (Å²) in [5, 5.41) is 14.4. The van der Waals surface area contributed by atoms with Gasteiger partial charge in [0.05, 0.1) is 12.5 Å². The number of hydrogen-bond acceptors (Lipinski definition) is 7. The molecule has 0 aromatic carbocycles. The molecule has 4 unspecified atom stereocenters. The third kappa shape index (κ3) is 8.84. The lowest BCUT2D eigenvalue weighted by Gasteiger charge is -2.28. The van der Waals surface area contributed by atoms with Crippen molar-refractivity contribution >= 4 is 35.6 Å². The second-order valence-corrected chi connectivity index (χ2v) is 8.54. The molecule has 1 aliphatic rings. The number of primary amides is 1. The Labute approximate surface area is 197 Å². The van der Waals surface area contributed by atoms with E-state index in [1.54, 1.807) is 13.8 Å². The van der Waals surface area contributed by atoms with E-state index < -0.39 is 60.2 Å². The Morgan fingerprint density at radius 3 is 2.21 bits per heavy atom. The van der Waals surface area contributed by atoms with Crippen LogP contribution in [0.25, 0.3) is 0 Å². The Morgan fingerprint density at radius 1 is 1.06 bits per heavy atom. The molecule has 1 heterocycles. The van der Waals surface area contributed by atoms with Crippen LogP contribution in [-0.2, 0) is 24.0 Å². The molecule has 0 aromatic heterocycles. The topological polar surface area (TPSA) is 249 Å². The SMILES string of the molecule is CC(C)C(N)C(=O)NC(CCCN=C(N)N)C(=O)NC(CC(N)=O)C(=O)N1CCCC1C(=O)O. The van der Waals surface area contributed by atoms with Crippen molar-refractivity contribution in [2.24, 2.45) is 33.8 Å². The molecular weight excluding hydrogens is 448 g/mol. The molecule has 1 aliphatic heterocycles. The standard InChI is InChI=1S/C20H36N8O6/c1-10(2)15(22)17(31)26-11(5-3-7-25-20(23)24)16(30)27-12(9-14(21)29)18(32)28-8-4-6-13(28)19(33)34/h10-13,15H,3-9,22H2,1-2H3,(H2,21,29)(H,26,31)(H,27,30)(H,33,34)(H4,23,24,25). The minimum atomic E-state index is -1.39. The lowest BCUT2D eigenvalue weighted by molar-refractivity contribution is -0.149. The summed E-state index contributed by atoms with van der Waals surface area (Å²) in [7, 11) is 0. The molecule has 0 bridgehead atoms. The van der Waals surface area contributed by atoms with Gasteiger partial charge in [-0.2, -0.15) is 0 Å². The molecule has 11 N–H and O–H groups in total. The van der Waals surface area contributed by atoms with E-state index in [1.165, 1.54) is 0 Å². The molecule has 14 heteroatoms. The lowest BCUT2D eigenvalue weighted by Crippen LogP contribution is -2.58. The van der Waals surface area contributed by atoms with E-state index in [4.69, 9.17) is 22.9 Å². The monoisotopic (exact) mass is 484 g/mol. The van der Waals surface area contributed by atoms with Gasteiger partial charge in [-0.3, -0.25) is 24.2 Å². The maximum Gasteiger partial charge on any atom is 0.326 e. The van der Waals surface area contributed by atoms with Crippen LogP contribution in [0.2, 0.25) is 0 Å². The number of guanidine groups is 1. The first-order chi connectivity index (χ1) is 15.8. The van der Waals surface area contributed by atoms with Crippen molar-refractivity contribution in [1.29, 1.82) is 0 Å². The molecule has 0 saturated carbocycles. The molecule has 4 atom stereocenters. The number of aliphatic imine (C=N–C) groups is 1. The smallest absolute Gasteiger partial charge is 0.326 e. The van der Waals surface area contributed by atoms with Crippen molar-refractivity contribution in [2.45, 2.75) is 70.1 Å². The number of carboxylic acid groups (broad SMARTS) is 1. The highest BCUT2D eigenvalue weighted by Gasteiger charge is 2.39. The number of amides is 4. The van der Waals surface area contributed by atoms with Gasteiger partial charge in [0.15, 0.2) is 5.96 Å². The minimum absolute atomic E-state index is 0.109. The number of carbonyl (C=O) groups excluding carboxylic acids is 4. The lowest BCUT2D eigenvalue weighted by atomic mass is 10.0. The van der Waals surface area contributed by atoms with Gasteiger partial charge in [0.1, 0.15) is 18.1 Å². The summed E-state index contributed by atoms with van der Waals surface area (Å²) in [6.07, 6.45) is 0.617. The number of nitrogens with zero attached hydrogens (tertiary/aromatic N) is 2. The Balaban J connectivity index is 3.04. The molecule has 1 fully saturated rings. The molecule has 0 spiro atoms. The fraction of sp³-hybridized carbons (Fsp3) is 0.700. The number of carboxylic acids is 1. The molecule has 1 rings (SSSR count). The summed E-state index contributed by atoms with van der Waals surface area (Å²) in [4.78, 5) is 66.5. The van der Waals surface area contributed by atoms with Crippen LogP contribution in [0, 0.1) is 5.92 Å². The van der Waals surface area contributed by atoms with Crippen LogP contribution in [0.1, 0.15) is 46.0 Å². The summed E-state index contributed by atoms with van der Waals surface area (Å²) in [6, 6.07) is -4.43. The van der Waals surface area contributed by atoms with Crippen molar-refractivity contribution in [3.05, 3.63) is 0 Å². The summed E-state index contributed by atoms with van der Waals surface area (Å²) in [6.45, 7) is 3.85. The zero-order valence-corrected chi connectivity index (χ0v) is 19.5. The van der Waals surface area contributed by atoms with Crippen molar-refractivity contribution in [3.63, 3.8) is 0 Å². The van der Waals surface area contributed by atoms with E-state index in [0.29, 0.717) is 12.8 Å². The highest BCUT2D eigenvalue weighted by Crippen LogP contribution is 2.19. The second-order valence-electron chi connectivity index (χ2n) is 8.54. The van der Waals surface area contributed by atoms with Crippen molar-refractivity contribution in [1.82, 2.24) is 15.5 Å². The minimum Gasteiger partial charge on any atom is -0.480 e. The number of likely N-dealkylation sites (tertiary alicyclic amines) is 1. The van der Waals surface area contributed by atoms with E-state index in [0.717, 1.165) is 4.90 Å². The fourth-order valence-corrected chi connectivity index (χ4v) is 3.50. The molecule has 0 radical (unpaired) electrons. The van der Waals surface area contributed by atoms with Gasteiger partial charge in [-0.05, 0) is 31.6 Å². The zero-order chi connectivity index (χ0) is 26.0. The third-order valence-corrected chi connectivity index (χ3v) is 5.44. The summed E-state index contributed by atoms with van der Waals surface area (Å²) in [5.41, 5.74) is 21.7. The second kappa shape index (κ2) is 13.3. The van der Waals surface area contributed by atoms with Crippen molar-refractivity contribution in [3.8, 4) is 0 Å². The predicted octanol–water partition coefficient (Wildman–Crippen LogP) is -3.06. The summed E-state index contributed by atoms with van der Waals surface area (Å²) < 4.78 is 0. The predicted molar refractivity (Wildman–Crippen MR) is 123 cm³/mol. The van der Waals surface area contributed by atoms with Gasteiger partial charge in [0, 0.05) is 13.1 Å². The van der Waals surface area contributed by atoms with E-state index >= 15 is 0 Å². The van der Waals surface area contributed by atoms with E-state index in [-0.39, 0.29) is 37.8 Å². The number of hydrogen-bond donors (Lipinski definition) is 7. The average Bonchev–Trinajstić information content (AvgIpc) is 3.23. The first-order valence-corrected chi connectivity index (χ1v) is 11.1. The van der Waals surface area contributed by atoms with Crippen LogP contribution in [0.4, 0.5) is 0 Å². The Hall–Kier alpha value is -3.42. The van der Waals surface area contributed by atoms with Gasteiger partial charge in [-0.15, -0.1) is 0 Å². The van der Waals surface area contributed by atoms with Crippen LogP contribution in [-0.4, -0.2) is 82.8 Å². The number of nitrogens with two attached hydrogens (primary N) is 4. The van der Waals surface area contributed by atoms with E-state index in [1.807, 2.05) is 0 Å². The quantitative estimate of drug-likeness (QED) is 0.0795. The maximum atomic E-state index is 13.0. The Morgan fingerprint density at radius 2 is 1.68 bits per heavy atom. The fourth-order valence-electron chi connectivity index (χ4n) is 3.50. The maximum absolute atomic E-state index is 13.0. The van der Waals surface area contributed by atoms with Crippen molar-refractivity contribution in [2.75, 3.05) is 13.1 Å². The van der Waals surface area contributed by atoms with Gasteiger partial charge < -0.3 is 43.6 Å². The molecule has 0 aromatic rings. The van der Waals surface area contributed by atoms with Gasteiger partial charge >= 0.3 is 5.97 Å². The van der Waals surface area contributed by atoms with Crippen LogP contribution in [0.3, 0.4) is 0 Å². The van der Waals surface area contributed by atoms with Crippen LogP contribution >= 0.6 is 0 Å². The van der Waals surface area contributed by atoms with E-state index in [2.05, 4.69) is 15.6 Å². The molecule has 4 amide bonds. The molecule has 14 nitrogen and oxygen atoms in total. The first-order valence-electron chi connectivity index (χ1n) is 11.1. The largest absolute Gasteiger partial charge is 0.480 e. The Kier molecular flexibility index (Phi) is 11.2. The number of carbonyl (C=O) groups is 5. The average molecular weight is 485 g/mol. The van der Waals surface area contributed by atoms with E-state index in [9.17, 15) is 29.1 Å². The van der Waals surface area contributed by atoms with Gasteiger partial charge in [-0.25, -0.2) is 4.79 Å². The van der Waals surface area contributed by atoms with Gasteiger partial charge in [0.25, 0.3) is 0 Å². The molecule has 34 heavy (non-hydrogen) atoms. The molecule has 0 aliphatic carbocycles. The van der Waals surface area contributed by atoms with Crippen LogP contribution in [0.5, 0.6) is 0 Å². The summed E-state index contributed by atoms with van der Waals surface area (Å²) >= 11 is 0. The number of aliphatic carboxylic acids is 1. The Bertz CT molecular complexity index is 798.